The molecule has 0 radical (unpaired) electrons. The molecule has 0 aromatic carbocycles. The first kappa shape index (κ1) is 19.5. The topological polar surface area (TPSA) is 62.7 Å². The van der Waals surface area contributed by atoms with E-state index >= 15 is 0 Å². The van der Waals surface area contributed by atoms with E-state index in [1.54, 1.807) is 0 Å². The second-order valence-electron chi connectivity index (χ2n) is 7.61. The standard InChI is InChI=1S/C16H26N2O3S2Si/c1-16(2,3)24(4,5)21-9-12-8-11(6-7-18(12)15(19)20)13-10-23-14(22)17-13/h6,10,12H,7-9H2,1-5H3,(H,17,22)(H,19,20)/t12-/m0/s1. The molecular formula is C16H26N2O3S2Si. The number of thiol groups is 1. The zero-order chi connectivity index (χ0) is 18.1. The maximum absolute atomic E-state index is 11.6. The van der Waals surface area contributed by atoms with Gasteiger partial charge in [0, 0.05) is 11.9 Å². The van der Waals surface area contributed by atoms with Gasteiger partial charge in [-0.15, -0.1) is 24.0 Å². The summed E-state index contributed by atoms with van der Waals surface area (Å²) in [7, 11) is -1.92. The Hall–Kier alpha value is -0.833. The molecule has 2 heterocycles. The fourth-order valence-electron chi connectivity index (χ4n) is 2.33. The van der Waals surface area contributed by atoms with E-state index in [1.165, 1.54) is 16.2 Å². The van der Waals surface area contributed by atoms with E-state index in [9.17, 15) is 9.90 Å². The highest BCUT2D eigenvalue weighted by molar-refractivity contribution is 7.82. The molecule has 0 bridgehead atoms. The van der Waals surface area contributed by atoms with Crippen LogP contribution in [-0.4, -0.2) is 48.6 Å². The maximum Gasteiger partial charge on any atom is 0.407 e. The lowest BCUT2D eigenvalue weighted by molar-refractivity contribution is 0.105. The molecule has 0 saturated carbocycles. The van der Waals surface area contributed by atoms with Crippen molar-refractivity contribution < 1.29 is 14.3 Å². The van der Waals surface area contributed by atoms with Crippen molar-refractivity contribution in [2.75, 3.05) is 13.2 Å². The lowest BCUT2D eigenvalue weighted by Gasteiger charge is -2.40. The molecule has 5 nitrogen and oxygen atoms in total. The predicted octanol–water partition coefficient (Wildman–Crippen LogP) is 4.59. The first-order chi connectivity index (χ1) is 11.0. The molecule has 2 rings (SSSR count). The molecule has 0 unspecified atom stereocenters. The van der Waals surface area contributed by atoms with Gasteiger partial charge in [-0.25, -0.2) is 9.78 Å². The summed E-state index contributed by atoms with van der Waals surface area (Å²) in [6.07, 6.45) is 1.67. The van der Waals surface area contributed by atoms with Crippen LogP contribution in [0.15, 0.2) is 15.8 Å². The summed E-state index contributed by atoms with van der Waals surface area (Å²) >= 11 is 5.75. The van der Waals surface area contributed by atoms with E-state index in [2.05, 4.69) is 51.5 Å². The summed E-state index contributed by atoms with van der Waals surface area (Å²) < 4.78 is 7.00. The number of carbonyl (C=O) groups is 1. The Balaban J connectivity index is 2.14. The quantitative estimate of drug-likeness (QED) is 0.587. The molecule has 1 aromatic rings. The lowest BCUT2D eigenvalue weighted by atomic mass is 9.99. The zero-order valence-electron chi connectivity index (χ0n) is 14.9. The van der Waals surface area contributed by atoms with Crippen molar-refractivity contribution in [3.05, 3.63) is 17.2 Å². The van der Waals surface area contributed by atoms with Crippen LogP contribution in [0.4, 0.5) is 4.79 Å². The summed E-state index contributed by atoms with van der Waals surface area (Å²) in [6, 6.07) is -0.179. The molecule has 0 saturated heterocycles. The van der Waals surface area contributed by atoms with Gasteiger partial charge in [-0.3, -0.25) is 4.90 Å². The minimum absolute atomic E-state index is 0.101. The number of hydrogen-bond donors (Lipinski definition) is 2. The molecule has 1 aliphatic rings. The van der Waals surface area contributed by atoms with E-state index in [-0.39, 0.29) is 11.1 Å². The molecular weight excluding hydrogens is 360 g/mol. The fraction of sp³-hybridized carbons (Fsp3) is 0.625. The molecule has 0 spiro atoms. The van der Waals surface area contributed by atoms with Gasteiger partial charge in [0.25, 0.3) is 0 Å². The van der Waals surface area contributed by atoms with Gasteiger partial charge in [-0.05, 0) is 30.1 Å². The third-order valence-electron chi connectivity index (χ3n) is 4.94. The van der Waals surface area contributed by atoms with Crippen molar-refractivity contribution in [2.24, 2.45) is 0 Å². The normalized spacial score (nSPS) is 19.3. The van der Waals surface area contributed by atoms with Crippen LogP contribution in [0, 0.1) is 0 Å². The molecule has 24 heavy (non-hydrogen) atoms. The zero-order valence-corrected chi connectivity index (χ0v) is 17.6. The molecule has 1 aromatic heterocycles. The number of hydrogen-bond acceptors (Lipinski definition) is 5. The van der Waals surface area contributed by atoms with Crippen molar-refractivity contribution in [1.29, 1.82) is 0 Å². The predicted molar refractivity (Wildman–Crippen MR) is 104 cm³/mol. The second-order valence-corrected chi connectivity index (χ2v) is 14.0. The second kappa shape index (κ2) is 7.19. The van der Waals surface area contributed by atoms with E-state index < -0.39 is 14.4 Å². The minimum Gasteiger partial charge on any atom is -0.465 e. The van der Waals surface area contributed by atoms with Crippen LogP contribution in [0.3, 0.4) is 0 Å². The van der Waals surface area contributed by atoms with Gasteiger partial charge in [0.05, 0.1) is 18.3 Å². The third kappa shape index (κ3) is 4.41. The maximum atomic E-state index is 11.6. The third-order valence-corrected chi connectivity index (χ3v) is 10.5. The van der Waals surface area contributed by atoms with Crippen molar-refractivity contribution >= 4 is 43.9 Å². The first-order valence-corrected chi connectivity index (χ1v) is 12.2. The molecule has 134 valence electrons. The Kier molecular flexibility index (Phi) is 5.84. The van der Waals surface area contributed by atoms with Gasteiger partial charge in [-0.1, -0.05) is 26.8 Å². The van der Waals surface area contributed by atoms with Gasteiger partial charge in [-0.2, -0.15) is 0 Å². The Morgan fingerprint density at radius 2 is 2.21 bits per heavy atom. The summed E-state index contributed by atoms with van der Waals surface area (Å²) in [6.45, 7) is 11.7. The van der Waals surface area contributed by atoms with Gasteiger partial charge in [0.2, 0.25) is 0 Å². The van der Waals surface area contributed by atoms with Crippen molar-refractivity contribution in [1.82, 2.24) is 9.88 Å². The molecule has 1 amide bonds. The first-order valence-electron chi connectivity index (χ1n) is 7.98. The molecule has 1 aliphatic heterocycles. The van der Waals surface area contributed by atoms with Crippen LogP contribution >= 0.6 is 24.0 Å². The number of amides is 1. The molecule has 1 atom stereocenters. The summed E-state index contributed by atoms with van der Waals surface area (Å²) in [5, 5.41) is 11.6. The van der Waals surface area contributed by atoms with E-state index in [0.717, 1.165) is 15.6 Å². The summed E-state index contributed by atoms with van der Waals surface area (Å²) in [4.78, 5) is 17.4. The van der Waals surface area contributed by atoms with Gasteiger partial charge in [0.1, 0.15) is 4.34 Å². The smallest absolute Gasteiger partial charge is 0.407 e. The fourth-order valence-corrected chi connectivity index (χ4v) is 4.21. The van der Waals surface area contributed by atoms with Crippen molar-refractivity contribution in [3.63, 3.8) is 0 Å². The molecule has 0 fully saturated rings. The lowest BCUT2D eigenvalue weighted by Crippen LogP contribution is -2.49. The van der Waals surface area contributed by atoms with Crippen molar-refractivity contribution in [2.45, 2.75) is 55.7 Å². The van der Waals surface area contributed by atoms with Gasteiger partial charge < -0.3 is 9.53 Å². The number of rotatable bonds is 4. The Labute approximate surface area is 154 Å². The number of thiazole rings is 1. The van der Waals surface area contributed by atoms with Gasteiger partial charge >= 0.3 is 6.09 Å². The minimum atomic E-state index is -1.92. The molecule has 1 N–H and O–H groups in total. The average Bonchev–Trinajstić information content (AvgIpc) is 2.90. The van der Waals surface area contributed by atoms with Gasteiger partial charge in [0.15, 0.2) is 8.32 Å². The Bertz CT molecular complexity index is 638. The van der Waals surface area contributed by atoms with Crippen LogP contribution in [0.2, 0.25) is 18.1 Å². The van der Waals surface area contributed by atoms with Crippen LogP contribution in [0.5, 0.6) is 0 Å². The number of carboxylic acid groups (broad SMARTS) is 1. The van der Waals surface area contributed by atoms with Crippen molar-refractivity contribution in [3.8, 4) is 0 Å². The van der Waals surface area contributed by atoms with E-state index in [0.29, 0.717) is 19.6 Å². The highest BCUT2D eigenvalue weighted by atomic mass is 32.2. The van der Waals surface area contributed by atoms with Crippen LogP contribution in [0.25, 0.3) is 5.57 Å². The number of nitrogens with zero attached hydrogens (tertiary/aromatic N) is 2. The van der Waals surface area contributed by atoms with Crippen LogP contribution in [0.1, 0.15) is 32.9 Å². The van der Waals surface area contributed by atoms with E-state index in [1.807, 2.05) is 11.5 Å². The summed E-state index contributed by atoms with van der Waals surface area (Å²) in [5.74, 6) is 0. The number of aromatic nitrogens is 1. The van der Waals surface area contributed by atoms with Crippen LogP contribution in [-0.2, 0) is 4.43 Å². The average molecular weight is 387 g/mol. The highest BCUT2D eigenvalue weighted by Gasteiger charge is 2.39. The Morgan fingerprint density at radius 1 is 1.54 bits per heavy atom. The van der Waals surface area contributed by atoms with E-state index in [4.69, 9.17) is 4.43 Å². The Morgan fingerprint density at radius 3 is 2.71 bits per heavy atom. The molecule has 0 aliphatic carbocycles. The molecule has 8 heteroatoms. The van der Waals surface area contributed by atoms with Crippen LogP contribution < -0.4 is 0 Å². The largest absolute Gasteiger partial charge is 0.465 e. The highest BCUT2D eigenvalue weighted by Crippen LogP contribution is 2.37. The summed E-state index contributed by atoms with van der Waals surface area (Å²) in [5.41, 5.74) is 1.97. The SMILES string of the molecule is CC(C)(C)[Si](C)(C)OC[C@@H]1CC(c2csc(S)n2)=CCN1C(=O)O. The monoisotopic (exact) mass is 386 g/mol.